The maximum atomic E-state index is 13.0. The van der Waals surface area contributed by atoms with Gasteiger partial charge in [0, 0.05) is 43.2 Å². The smallest absolute Gasteiger partial charge is 0.253 e. The summed E-state index contributed by atoms with van der Waals surface area (Å²) in [4.78, 5) is 18.6. The van der Waals surface area contributed by atoms with Gasteiger partial charge in [-0.3, -0.25) is 4.79 Å². The Kier molecular flexibility index (Phi) is 7.99. The van der Waals surface area contributed by atoms with Gasteiger partial charge in [-0.05, 0) is 67.4 Å². The van der Waals surface area contributed by atoms with Crippen LogP contribution >= 0.6 is 11.3 Å². The summed E-state index contributed by atoms with van der Waals surface area (Å²) in [5, 5.41) is 1.92. The molecule has 6 nitrogen and oxygen atoms in total. The van der Waals surface area contributed by atoms with E-state index in [2.05, 4.69) is 9.62 Å². The molecular weight excluding hydrogens is 442 g/mol. The third kappa shape index (κ3) is 6.19. The monoisotopic (exact) mass is 475 g/mol. The number of nitrogens with zero attached hydrogens (tertiary/aromatic N) is 2. The highest BCUT2D eigenvalue weighted by Gasteiger charge is 2.23. The maximum Gasteiger partial charge on any atom is 0.253 e. The Morgan fingerprint density at radius 1 is 0.969 bits per heavy atom. The molecule has 1 aliphatic heterocycles. The van der Waals surface area contributed by atoms with Gasteiger partial charge in [-0.15, -0.1) is 11.3 Å². The highest BCUT2D eigenvalue weighted by molar-refractivity contribution is 7.89. The highest BCUT2D eigenvalue weighted by Crippen LogP contribution is 2.25. The Hall–Kier alpha value is -1.74. The lowest BCUT2D eigenvalue weighted by molar-refractivity contribution is 0.0760. The van der Waals surface area contributed by atoms with Crippen LogP contribution in [0.3, 0.4) is 0 Å². The van der Waals surface area contributed by atoms with E-state index in [1.807, 2.05) is 22.4 Å². The lowest BCUT2D eigenvalue weighted by Gasteiger charge is -2.28. The molecule has 0 spiro atoms. The van der Waals surface area contributed by atoms with E-state index in [-0.39, 0.29) is 17.3 Å². The van der Waals surface area contributed by atoms with Gasteiger partial charge in [0.2, 0.25) is 10.0 Å². The van der Waals surface area contributed by atoms with Gasteiger partial charge in [0.25, 0.3) is 5.91 Å². The number of amides is 1. The van der Waals surface area contributed by atoms with Crippen LogP contribution in [0.15, 0.2) is 46.7 Å². The van der Waals surface area contributed by atoms with E-state index in [9.17, 15) is 13.2 Å². The molecule has 4 rings (SSSR count). The third-order valence-corrected chi connectivity index (χ3v) is 8.84. The van der Waals surface area contributed by atoms with E-state index in [1.54, 1.807) is 12.1 Å². The van der Waals surface area contributed by atoms with Crippen LogP contribution in [-0.2, 0) is 16.6 Å². The standard InChI is InChI=1S/C24H33N3O3S2/c28-24(27-14-5-13-26(15-16-27)19-20-6-2-1-3-7-20)21-9-11-23(12-10-21)32(29,30)25-18-22-8-4-17-31-22/h4,8-12,17,20,25H,1-3,5-7,13-16,18-19H2. The van der Waals surface area contributed by atoms with Crippen molar-refractivity contribution in [3.63, 3.8) is 0 Å². The summed E-state index contributed by atoms with van der Waals surface area (Å²) in [5.41, 5.74) is 0.544. The average Bonchev–Trinajstić information content (AvgIpc) is 3.24. The van der Waals surface area contributed by atoms with Crippen molar-refractivity contribution < 1.29 is 13.2 Å². The summed E-state index contributed by atoms with van der Waals surface area (Å²) in [6, 6.07) is 10.1. The molecule has 1 aliphatic carbocycles. The molecule has 0 bridgehead atoms. The van der Waals surface area contributed by atoms with Crippen LogP contribution in [0.4, 0.5) is 0 Å². The maximum absolute atomic E-state index is 13.0. The SMILES string of the molecule is O=C(c1ccc(S(=O)(=O)NCc2cccs2)cc1)N1CCCN(CC2CCCCC2)CC1. The quantitative estimate of drug-likeness (QED) is 0.658. The van der Waals surface area contributed by atoms with Gasteiger partial charge in [-0.25, -0.2) is 13.1 Å². The first-order chi connectivity index (χ1) is 15.5. The fourth-order valence-corrected chi connectivity index (χ4v) is 6.46. The van der Waals surface area contributed by atoms with E-state index in [1.165, 1.54) is 55.6 Å². The first kappa shape index (κ1) is 23.4. The van der Waals surface area contributed by atoms with Gasteiger partial charge < -0.3 is 9.80 Å². The summed E-state index contributed by atoms with van der Waals surface area (Å²) in [6.07, 6.45) is 7.77. The van der Waals surface area contributed by atoms with Crippen LogP contribution in [0.5, 0.6) is 0 Å². The van der Waals surface area contributed by atoms with Crippen molar-refractivity contribution in [3.8, 4) is 0 Å². The van der Waals surface area contributed by atoms with Crippen molar-refractivity contribution in [3.05, 3.63) is 52.2 Å². The van der Waals surface area contributed by atoms with Crippen LogP contribution in [0.25, 0.3) is 0 Å². The molecule has 1 aromatic carbocycles. The average molecular weight is 476 g/mol. The lowest BCUT2D eigenvalue weighted by atomic mass is 9.89. The van der Waals surface area contributed by atoms with Crippen LogP contribution in [0.2, 0.25) is 0 Å². The molecule has 2 aromatic rings. The number of hydrogen-bond donors (Lipinski definition) is 1. The Morgan fingerprint density at radius 2 is 1.75 bits per heavy atom. The zero-order valence-corrected chi connectivity index (χ0v) is 20.2. The minimum atomic E-state index is -3.61. The van der Waals surface area contributed by atoms with Crippen LogP contribution < -0.4 is 4.72 Å². The van der Waals surface area contributed by atoms with Gasteiger partial charge in [0.05, 0.1) is 4.90 Å². The molecule has 0 atom stereocenters. The molecule has 1 aromatic heterocycles. The van der Waals surface area contributed by atoms with Crippen molar-refractivity contribution in [1.82, 2.24) is 14.5 Å². The predicted molar refractivity (Wildman–Crippen MR) is 128 cm³/mol. The molecule has 1 saturated carbocycles. The Bertz CT molecular complexity index is 968. The normalized spacial score (nSPS) is 19.1. The minimum Gasteiger partial charge on any atom is -0.337 e. The molecule has 1 N–H and O–H groups in total. The first-order valence-corrected chi connectivity index (χ1v) is 14.0. The number of benzene rings is 1. The van der Waals surface area contributed by atoms with Gasteiger partial charge >= 0.3 is 0 Å². The third-order valence-electron chi connectivity index (χ3n) is 6.54. The molecule has 1 amide bonds. The zero-order valence-electron chi connectivity index (χ0n) is 18.5. The second-order valence-electron chi connectivity index (χ2n) is 8.88. The number of nitrogens with one attached hydrogen (secondary N) is 1. The summed E-state index contributed by atoms with van der Waals surface area (Å²) >= 11 is 1.51. The van der Waals surface area contributed by atoms with E-state index in [0.29, 0.717) is 5.56 Å². The van der Waals surface area contributed by atoms with Crippen LogP contribution in [0.1, 0.15) is 53.8 Å². The number of hydrogen-bond acceptors (Lipinski definition) is 5. The number of carbonyl (C=O) groups excluding carboxylic acids is 1. The van der Waals surface area contributed by atoms with E-state index >= 15 is 0 Å². The number of thiophene rings is 1. The first-order valence-electron chi connectivity index (χ1n) is 11.6. The summed E-state index contributed by atoms with van der Waals surface area (Å²) in [7, 11) is -3.61. The van der Waals surface area contributed by atoms with Gasteiger partial charge in [0.1, 0.15) is 0 Å². The Morgan fingerprint density at radius 3 is 2.47 bits per heavy atom. The van der Waals surface area contributed by atoms with Crippen LogP contribution in [0, 0.1) is 5.92 Å². The predicted octanol–water partition coefficient (Wildman–Crippen LogP) is 3.95. The van der Waals surface area contributed by atoms with Crippen molar-refractivity contribution in [1.29, 1.82) is 0 Å². The fourth-order valence-electron chi connectivity index (χ4n) is 4.71. The molecule has 0 unspecified atom stereocenters. The second kappa shape index (κ2) is 10.9. The summed E-state index contributed by atoms with van der Waals surface area (Å²) < 4.78 is 27.7. The van der Waals surface area contributed by atoms with Crippen molar-refractivity contribution >= 4 is 27.3 Å². The van der Waals surface area contributed by atoms with Gasteiger partial charge in [-0.2, -0.15) is 0 Å². The number of sulfonamides is 1. The molecule has 174 valence electrons. The molecule has 2 fully saturated rings. The Labute approximate surface area is 195 Å². The van der Waals surface area contributed by atoms with E-state index < -0.39 is 10.0 Å². The van der Waals surface area contributed by atoms with Crippen molar-refractivity contribution in [2.75, 3.05) is 32.7 Å². The second-order valence-corrected chi connectivity index (χ2v) is 11.7. The summed E-state index contributed by atoms with van der Waals surface area (Å²) in [5.74, 6) is 0.800. The lowest BCUT2D eigenvalue weighted by Crippen LogP contribution is -2.37. The zero-order chi connectivity index (χ0) is 22.4. The number of carbonyl (C=O) groups is 1. The van der Waals surface area contributed by atoms with Crippen LogP contribution in [-0.4, -0.2) is 56.8 Å². The topological polar surface area (TPSA) is 69.7 Å². The molecule has 2 aliphatic rings. The number of rotatable bonds is 7. The van der Waals surface area contributed by atoms with Crippen molar-refractivity contribution in [2.24, 2.45) is 5.92 Å². The highest BCUT2D eigenvalue weighted by atomic mass is 32.2. The van der Waals surface area contributed by atoms with Gasteiger partial charge in [0.15, 0.2) is 0 Å². The molecule has 32 heavy (non-hydrogen) atoms. The van der Waals surface area contributed by atoms with E-state index in [4.69, 9.17) is 0 Å². The summed E-state index contributed by atoms with van der Waals surface area (Å²) in [6.45, 7) is 4.88. The molecule has 0 radical (unpaired) electrons. The van der Waals surface area contributed by atoms with Gasteiger partial charge in [-0.1, -0.05) is 25.3 Å². The minimum absolute atomic E-state index is 0.0139. The Balaban J connectivity index is 1.32. The molecule has 2 heterocycles. The van der Waals surface area contributed by atoms with E-state index in [0.717, 1.165) is 49.9 Å². The fraction of sp³-hybridized carbons (Fsp3) is 0.542. The molecule has 1 saturated heterocycles. The largest absolute Gasteiger partial charge is 0.337 e. The molecule has 8 heteroatoms. The van der Waals surface area contributed by atoms with Crippen molar-refractivity contribution in [2.45, 2.75) is 50.0 Å². The molecular formula is C24H33N3O3S2.